The average molecular weight is 595 g/mol. The zero-order chi connectivity index (χ0) is 25.3. The zero-order valence-corrected chi connectivity index (χ0v) is 23.5. The van der Waals surface area contributed by atoms with Gasteiger partial charge >= 0.3 is 0 Å². The maximum atomic E-state index is 6.24. The fourth-order valence-electron chi connectivity index (χ4n) is 4.15. The van der Waals surface area contributed by atoms with E-state index in [2.05, 4.69) is 66.5 Å². The van der Waals surface area contributed by atoms with Gasteiger partial charge in [-0.25, -0.2) is 0 Å². The lowest BCUT2D eigenvalue weighted by molar-refractivity contribution is -0.142. The lowest BCUT2D eigenvalue weighted by Gasteiger charge is -2.20. The molecule has 5 nitrogen and oxygen atoms in total. The Morgan fingerprint density at radius 3 is 2.69 bits per heavy atom. The molecule has 6 heteroatoms. The summed E-state index contributed by atoms with van der Waals surface area (Å²) < 4.78 is 30.6. The maximum Gasteiger partial charge on any atom is 0.164 e. The van der Waals surface area contributed by atoms with Gasteiger partial charge in [0.2, 0.25) is 0 Å². The van der Waals surface area contributed by atoms with Crippen molar-refractivity contribution in [2.24, 2.45) is 0 Å². The Balaban J connectivity index is 1.59. The van der Waals surface area contributed by atoms with E-state index in [1.54, 1.807) is 7.11 Å². The molecule has 2 aliphatic heterocycles. The third-order valence-corrected chi connectivity index (χ3v) is 7.10. The van der Waals surface area contributed by atoms with Gasteiger partial charge in [0.05, 0.1) is 38.6 Å². The van der Waals surface area contributed by atoms with Crippen molar-refractivity contribution >= 4 is 22.6 Å². The van der Waals surface area contributed by atoms with Crippen molar-refractivity contribution in [3.63, 3.8) is 0 Å². The van der Waals surface area contributed by atoms with E-state index < -0.39 is 5.79 Å². The average Bonchev–Trinajstić information content (AvgIpc) is 3.14. The van der Waals surface area contributed by atoms with Gasteiger partial charge in [-0.1, -0.05) is 82.8 Å². The predicted octanol–water partition coefficient (Wildman–Crippen LogP) is 6.72. The molecule has 0 N–H and O–H groups in total. The number of hydrogen-bond donors (Lipinski definition) is 0. The van der Waals surface area contributed by atoms with Gasteiger partial charge in [-0.15, -0.1) is 0 Å². The molecule has 35 heavy (non-hydrogen) atoms. The Morgan fingerprint density at radius 1 is 1.23 bits per heavy atom. The molecule has 0 aromatic heterocycles. The summed E-state index contributed by atoms with van der Waals surface area (Å²) in [5, 5.41) is 0. The van der Waals surface area contributed by atoms with Crippen LogP contribution in [0.2, 0.25) is 0 Å². The SMILES string of the molecule is C=C(CI)C[C@@H](/C=C/C[C@@H]1OC(C)(C)O[C@H]1/C=C/[C@@H]1CC(C)=CCO1)OCc1ccc(OC)cc1. The Labute approximate surface area is 224 Å². The summed E-state index contributed by atoms with van der Waals surface area (Å²) in [5.74, 6) is 0.228. The number of benzene rings is 1. The first-order chi connectivity index (χ1) is 16.8. The minimum absolute atomic E-state index is 0.0471. The lowest BCUT2D eigenvalue weighted by Crippen LogP contribution is -2.22. The highest BCUT2D eigenvalue weighted by Gasteiger charge is 2.39. The summed E-state index contributed by atoms with van der Waals surface area (Å²) in [6.45, 7) is 11.5. The van der Waals surface area contributed by atoms with Crippen LogP contribution in [-0.2, 0) is 25.6 Å². The van der Waals surface area contributed by atoms with Crippen LogP contribution in [0.15, 0.2) is 72.4 Å². The summed E-state index contributed by atoms with van der Waals surface area (Å²) in [6, 6.07) is 7.97. The minimum Gasteiger partial charge on any atom is -0.497 e. The maximum absolute atomic E-state index is 6.24. The number of ether oxygens (including phenoxy) is 5. The number of methoxy groups -OCH3 is 1. The molecule has 0 amide bonds. The number of halogens is 1. The van der Waals surface area contributed by atoms with Gasteiger partial charge in [-0.3, -0.25) is 0 Å². The van der Waals surface area contributed by atoms with Crippen molar-refractivity contribution in [3.05, 3.63) is 77.9 Å². The topological polar surface area (TPSA) is 46.2 Å². The van der Waals surface area contributed by atoms with Crippen LogP contribution in [-0.4, -0.2) is 48.3 Å². The standard InChI is InChI=1S/C29H39IO5/c1-21-15-16-32-26(17-21)13-14-28-27(34-29(3,4)35-28)8-6-7-25(18-22(2)19-30)33-20-23-9-11-24(31-5)12-10-23/h6-7,9-15,25-28H,2,8,16-20H2,1,3-5H3/b7-6+,14-13+/t25-,26-,27+,28+/m1/s1. The molecule has 192 valence electrons. The van der Waals surface area contributed by atoms with Crippen molar-refractivity contribution in [2.75, 3.05) is 18.1 Å². The van der Waals surface area contributed by atoms with Crippen LogP contribution < -0.4 is 4.74 Å². The Hall–Kier alpha value is -1.45. The van der Waals surface area contributed by atoms with Crippen molar-refractivity contribution in [3.8, 4) is 5.75 Å². The second kappa shape index (κ2) is 13.7. The summed E-state index contributed by atoms with van der Waals surface area (Å²) in [4.78, 5) is 0. The van der Waals surface area contributed by atoms with E-state index in [1.807, 2.05) is 38.1 Å². The van der Waals surface area contributed by atoms with Crippen molar-refractivity contribution in [2.45, 2.75) is 76.8 Å². The molecule has 0 aliphatic carbocycles. The van der Waals surface area contributed by atoms with E-state index in [1.165, 1.54) is 5.57 Å². The van der Waals surface area contributed by atoms with Gasteiger partial charge in [0, 0.05) is 4.43 Å². The van der Waals surface area contributed by atoms with Crippen LogP contribution in [0.25, 0.3) is 0 Å². The van der Waals surface area contributed by atoms with Gasteiger partial charge in [0.1, 0.15) is 11.9 Å². The van der Waals surface area contributed by atoms with Gasteiger partial charge in [0.25, 0.3) is 0 Å². The molecule has 2 aliphatic rings. The highest BCUT2D eigenvalue weighted by atomic mass is 127. The Kier molecular flexibility index (Phi) is 11.0. The van der Waals surface area contributed by atoms with Crippen molar-refractivity contribution < 1.29 is 23.7 Å². The van der Waals surface area contributed by atoms with Gasteiger partial charge < -0.3 is 23.7 Å². The number of hydrogen-bond acceptors (Lipinski definition) is 5. The fourth-order valence-corrected chi connectivity index (χ4v) is 4.46. The Morgan fingerprint density at radius 2 is 2.00 bits per heavy atom. The molecule has 0 unspecified atom stereocenters. The van der Waals surface area contributed by atoms with Crippen LogP contribution >= 0.6 is 22.6 Å². The van der Waals surface area contributed by atoms with E-state index in [0.29, 0.717) is 13.2 Å². The quantitative estimate of drug-likeness (QED) is 0.153. The molecule has 0 saturated carbocycles. The second-order valence-electron chi connectivity index (χ2n) is 9.60. The first-order valence-electron chi connectivity index (χ1n) is 12.2. The van der Waals surface area contributed by atoms with Crippen LogP contribution in [0, 0.1) is 0 Å². The van der Waals surface area contributed by atoms with Crippen LogP contribution in [0.3, 0.4) is 0 Å². The molecule has 0 bridgehead atoms. The summed E-state index contributed by atoms with van der Waals surface area (Å²) >= 11 is 2.35. The molecule has 1 fully saturated rings. The van der Waals surface area contributed by atoms with Crippen molar-refractivity contribution in [1.82, 2.24) is 0 Å². The molecule has 0 spiro atoms. The van der Waals surface area contributed by atoms with E-state index in [9.17, 15) is 0 Å². The largest absolute Gasteiger partial charge is 0.497 e. The van der Waals surface area contributed by atoms with Crippen molar-refractivity contribution in [1.29, 1.82) is 0 Å². The second-order valence-corrected chi connectivity index (χ2v) is 10.4. The summed E-state index contributed by atoms with van der Waals surface area (Å²) in [6.07, 6.45) is 13.0. The van der Waals surface area contributed by atoms with Crippen LogP contribution in [0.5, 0.6) is 5.75 Å². The summed E-state index contributed by atoms with van der Waals surface area (Å²) in [5.41, 5.74) is 3.64. The van der Waals surface area contributed by atoms with E-state index >= 15 is 0 Å². The normalized spacial score (nSPS) is 25.2. The molecule has 1 saturated heterocycles. The molecular formula is C29H39IO5. The fraction of sp³-hybridized carbons (Fsp3) is 0.517. The van der Waals surface area contributed by atoms with E-state index in [0.717, 1.165) is 40.6 Å². The monoisotopic (exact) mass is 594 g/mol. The minimum atomic E-state index is -0.615. The van der Waals surface area contributed by atoms with Gasteiger partial charge in [-0.05, 0) is 57.7 Å². The van der Waals surface area contributed by atoms with Crippen LogP contribution in [0.1, 0.15) is 45.6 Å². The molecule has 2 heterocycles. The van der Waals surface area contributed by atoms with Crippen LogP contribution in [0.4, 0.5) is 0 Å². The molecule has 0 radical (unpaired) electrons. The zero-order valence-electron chi connectivity index (χ0n) is 21.4. The van der Waals surface area contributed by atoms with Gasteiger partial charge in [0.15, 0.2) is 5.79 Å². The first kappa shape index (κ1) is 28.1. The highest BCUT2D eigenvalue weighted by molar-refractivity contribution is 14.1. The summed E-state index contributed by atoms with van der Waals surface area (Å²) in [7, 11) is 1.67. The lowest BCUT2D eigenvalue weighted by atomic mass is 10.0. The highest BCUT2D eigenvalue weighted by Crippen LogP contribution is 2.31. The number of alkyl halides is 1. The molecular weight excluding hydrogens is 555 g/mol. The molecule has 1 aromatic rings. The number of rotatable bonds is 12. The Bertz CT molecular complexity index is 902. The third-order valence-electron chi connectivity index (χ3n) is 6.02. The molecule has 3 rings (SSSR count). The predicted molar refractivity (Wildman–Crippen MR) is 149 cm³/mol. The van der Waals surface area contributed by atoms with E-state index in [-0.39, 0.29) is 24.4 Å². The third kappa shape index (κ3) is 9.50. The first-order valence-corrected chi connectivity index (χ1v) is 13.8. The van der Waals surface area contributed by atoms with Gasteiger partial charge in [-0.2, -0.15) is 0 Å². The molecule has 4 atom stereocenters. The molecule has 1 aromatic carbocycles. The smallest absolute Gasteiger partial charge is 0.164 e. The van der Waals surface area contributed by atoms with E-state index in [4.69, 9.17) is 23.7 Å².